The molecular formula is C24H42N6O2. The van der Waals surface area contributed by atoms with Crippen molar-refractivity contribution in [1.82, 2.24) is 19.6 Å². The summed E-state index contributed by atoms with van der Waals surface area (Å²) in [5.74, 6) is 0.471. The van der Waals surface area contributed by atoms with E-state index in [1.165, 1.54) is 14.7 Å². The highest BCUT2D eigenvalue weighted by molar-refractivity contribution is 5.77. The van der Waals surface area contributed by atoms with Crippen molar-refractivity contribution in [2.45, 2.75) is 41.5 Å². The number of carbonyl (C=O) groups is 2. The van der Waals surface area contributed by atoms with Crippen LogP contribution in [0.4, 0.5) is 9.59 Å². The van der Waals surface area contributed by atoms with Crippen LogP contribution in [0.25, 0.3) is 0 Å². The third-order valence-corrected chi connectivity index (χ3v) is 4.24. The van der Waals surface area contributed by atoms with Crippen molar-refractivity contribution in [2.75, 3.05) is 28.2 Å². The number of carbonyl (C=O) groups excluding carboxylic acids is 2. The van der Waals surface area contributed by atoms with Crippen molar-refractivity contribution in [1.29, 1.82) is 0 Å². The van der Waals surface area contributed by atoms with E-state index in [2.05, 4.69) is 23.4 Å². The number of hydrogen-bond acceptors (Lipinski definition) is 4. The van der Waals surface area contributed by atoms with Crippen molar-refractivity contribution in [3.05, 3.63) is 48.3 Å². The lowest BCUT2D eigenvalue weighted by atomic mass is 10.1. The van der Waals surface area contributed by atoms with Crippen molar-refractivity contribution in [2.24, 2.45) is 21.8 Å². The standard InChI is InChI=1S/2C12H21N3O/c1-7-8-14(5)12(16)15(6)9-11(13-4)10(2)3;1-7-8-14(5)12(16)15(6)11(9-13-4)10(2)3/h2*7-10H,4H2,1-3,5-6H3/b2*8-7-,11-9-. The maximum atomic E-state index is 12.0. The lowest BCUT2D eigenvalue weighted by Gasteiger charge is -2.26. The summed E-state index contributed by atoms with van der Waals surface area (Å²) in [6.45, 7) is 18.7. The van der Waals surface area contributed by atoms with E-state index in [4.69, 9.17) is 0 Å². The van der Waals surface area contributed by atoms with Crippen LogP contribution in [0.2, 0.25) is 0 Å². The molecule has 0 aliphatic rings. The highest BCUT2D eigenvalue weighted by Crippen LogP contribution is 2.15. The largest absolute Gasteiger partial charge is 0.327 e. The predicted octanol–water partition coefficient (Wildman–Crippen LogP) is 5.40. The summed E-state index contributed by atoms with van der Waals surface area (Å²) >= 11 is 0. The molecule has 0 fully saturated rings. The Kier molecular flexibility index (Phi) is 16.0. The minimum absolute atomic E-state index is 0.0956. The Morgan fingerprint density at radius 3 is 1.59 bits per heavy atom. The van der Waals surface area contributed by atoms with Gasteiger partial charge in [-0.05, 0) is 39.1 Å². The summed E-state index contributed by atoms with van der Waals surface area (Å²) in [5.41, 5.74) is 1.64. The fourth-order valence-corrected chi connectivity index (χ4v) is 2.51. The zero-order chi connectivity index (χ0) is 25.4. The van der Waals surface area contributed by atoms with Gasteiger partial charge in [-0.15, -0.1) is 0 Å². The van der Waals surface area contributed by atoms with Gasteiger partial charge < -0.3 is 14.7 Å². The molecule has 0 rings (SSSR count). The third-order valence-electron chi connectivity index (χ3n) is 4.24. The molecule has 0 N–H and O–H groups in total. The van der Waals surface area contributed by atoms with Gasteiger partial charge in [-0.1, -0.05) is 39.8 Å². The van der Waals surface area contributed by atoms with Crippen molar-refractivity contribution >= 4 is 25.5 Å². The summed E-state index contributed by atoms with van der Waals surface area (Å²) in [5, 5.41) is 0. The molecule has 180 valence electrons. The Morgan fingerprint density at radius 2 is 1.25 bits per heavy atom. The van der Waals surface area contributed by atoms with E-state index in [0.29, 0.717) is 0 Å². The van der Waals surface area contributed by atoms with Crippen LogP contribution in [0.15, 0.2) is 58.3 Å². The molecule has 0 aromatic rings. The molecule has 8 heteroatoms. The van der Waals surface area contributed by atoms with Crippen molar-refractivity contribution in [3.8, 4) is 0 Å². The van der Waals surface area contributed by atoms with E-state index in [-0.39, 0.29) is 23.9 Å². The van der Waals surface area contributed by atoms with Gasteiger partial charge in [0.05, 0.1) is 5.70 Å². The molecule has 0 unspecified atom stereocenters. The molecular weight excluding hydrogens is 404 g/mol. The van der Waals surface area contributed by atoms with Crippen LogP contribution >= 0.6 is 0 Å². The summed E-state index contributed by atoms with van der Waals surface area (Å²) in [6.07, 6.45) is 10.4. The first-order valence-corrected chi connectivity index (χ1v) is 10.5. The van der Waals surface area contributed by atoms with E-state index < -0.39 is 0 Å². The van der Waals surface area contributed by atoms with Gasteiger partial charge in [0.15, 0.2) is 0 Å². The van der Waals surface area contributed by atoms with E-state index in [9.17, 15) is 9.59 Å². The zero-order valence-electron chi connectivity index (χ0n) is 21.5. The number of hydrogen-bond donors (Lipinski definition) is 0. The monoisotopic (exact) mass is 446 g/mol. The second-order valence-electron chi connectivity index (χ2n) is 7.68. The fraction of sp³-hybridized carbons (Fsp3) is 0.500. The van der Waals surface area contributed by atoms with Crippen molar-refractivity contribution in [3.63, 3.8) is 0 Å². The van der Waals surface area contributed by atoms with Crippen molar-refractivity contribution < 1.29 is 9.59 Å². The molecule has 0 aromatic heterocycles. The van der Waals surface area contributed by atoms with E-state index in [1.807, 2.05) is 53.7 Å². The molecule has 0 aliphatic carbocycles. The first-order valence-electron chi connectivity index (χ1n) is 10.5. The molecule has 0 aliphatic heterocycles. The SMILES string of the molecule is C=N/C(=C\N(C)C(=O)N(C)/C=C\C)C(C)C.C=N/C=C(/C(C)C)N(C)C(=O)N(C)/C=C\C. The Balaban J connectivity index is 0. The van der Waals surface area contributed by atoms with Crippen LogP contribution in [-0.4, -0.2) is 73.3 Å². The average molecular weight is 447 g/mol. The maximum Gasteiger partial charge on any atom is 0.327 e. The van der Waals surface area contributed by atoms with Crippen LogP contribution in [0.3, 0.4) is 0 Å². The second-order valence-corrected chi connectivity index (χ2v) is 7.68. The molecule has 0 radical (unpaired) electrons. The van der Waals surface area contributed by atoms with Crippen LogP contribution in [-0.2, 0) is 0 Å². The van der Waals surface area contributed by atoms with E-state index in [0.717, 1.165) is 11.4 Å². The number of aliphatic imine (C=N–C) groups is 2. The fourth-order valence-electron chi connectivity index (χ4n) is 2.51. The van der Waals surface area contributed by atoms with Gasteiger partial charge >= 0.3 is 12.1 Å². The second kappa shape index (κ2) is 16.5. The van der Waals surface area contributed by atoms with Crippen LogP contribution in [0.1, 0.15) is 41.5 Å². The number of allylic oxidation sites excluding steroid dienone is 4. The highest BCUT2D eigenvalue weighted by atomic mass is 16.2. The molecule has 0 saturated heterocycles. The predicted molar refractivity (Wildman–Crippen MR) is 136 cm³/mol. The topological polar surface area (TPSA) is 71.8 Å². The first-order chi connectivity index (χ1) is 14.9. The van der Waals surface area contributed by atoms with E-state index in [1.54, 1.807) is 57.9 Å². The average Bonchev–Trinajstić information content (AvgIpc) is 2.74. The molecule has 0 atom stereocenters. The molecule has 0 spiro atoms. The minimum atomic E-state index is -0.111. The number of rotatable bonds is 8. The minimum Gasteiger partial charge on any atom is -0.304 e. The summed E-state index contributed by atoms with van der Waals surface area (Å²) in [4.78, 5) is 37.5. The lowest BCUT2D eigenvalue weighted by Crippen LogP contribution is -2.36. The Bertz CT molecular complexity index is 735. The van der Waals surface area contributed by atoms with Crippen LogP contribution in [0, 0.1) is 11.8 Å². The van der Waals surface area contributed by atoms with Crippen LogP contribution < -0.4 is 0 Å². The van der Waals surface area contributed by atoms with Gasteiger partial charge in [0, 0.05) is 58.7 Å². The molecule has 0 heterocycles. The third kappa shape index (κ3) is 11.3. The zero-order valence-corrected chi connectivity index (χ0v) is 21.5. The maximum absolute atomic E-state index is 12.0. The van der Waals surface area contributed by atoms with Gasteiger partial charge in [0.1, 0.15) is 0 Å². The molecule has 0 saturated carbocycles. The van der Waals surface area contributed by atoms with Gasteiger partial charge in [-0.3, -0.25) is 14.9 Å². The first kappa shape index (κ1) is 31.0. The van der Waals surface area contributed by atoms with Gasteiger partial charge in [0.25, 0.3) is 0 Å². The van der Waals surface area contributed by atoms with Gasteiger partial charge in [-0.2, -0.15) is 0 Å². The quantitative estimate of drug-likeness (QED) is 0.468. The molecule has 8 nitrogen and oxygen atoms in total. The Hall–Kier alpha value is -3.16. The van der Waals surface area contributed by atoms with Crippen LogP contribution in [0.5, 0.6) is 0 Å². The summed E-state index contributed by atoms with van der Waals surface area (Å²) < 4.78 is 0. The number of amides is 4. The number of nitrogens with zero attached hydrogens (tertiary/aromatic N) is 6. The molecule has 0 bridgehead atoms. The van der Waals surface area contributed by atoms with Gasteiger partial charge in [-0.25, -0.2) is 9.59 Å². The molecule has 0 aromatic carbocycles. The normalized spacial score (nSPS) is 12.0. The number of urea groups is 2. The highest BCUT2D eigenvalue weighted by Gasteiger charge is 2.18. The molecule has 32 heavy (non-hydrogen) atoms. The van der Waals surface area contributed by atoms with E-state index >= 15 is 0 Å². The Morgan fingerprint density at radius 1 is 0.781 bits per heavy atom. The summed E-state index contributed by atoms with van der Waals surface area (Å²) in [6, 6.07) is -0.207. The lowest BCUT2D eigenvalue weighted by molar-refractivity contribution is 0.194. The van der Waals surface area contributed by atoms with Gasteiger partial charge in [0.2, 0.25) is 0 Å². The molecule has 4 amide bonds. The Labute approximate surface area is 195 Å². The summed E-state index contributed by atoms with van der Waals surface area (Å²) in [7, 11) is 6.87. The smallest absolute Gasteiger partial charge is 0.304 e.